The predicted molar refractivity (Wildman–Crippen MR) is 63.9 cm³/mol. The van der Waals surface area contributed by atoms with Gasteiger partial charge in [-0.05, 0) is 18.2 Å². The fourth-order valence-electron chi connectivity index (χ4n) is 1.27. The molecule has 0 aromatic heterocycles. The van der Waals surface area contributed by atoms with Crippen LogP contribution in [-0.2, 0) is 14.8 Å². The highest BCUT2D eigenvalue weighted by Crippen LogP contribution is 2.16. The Labute approximate surface area is 105 Å². The highest BCUT2D eigenvalue weighted by Gasteiger charge is 2.20. The topological polar surface area (TPSA) is 102 Å². The van der Waals surface area contributed by atoms with E-state index in [1.807, 2.05) is 0 Å². The molecule has 6 nitrogen and oxygen atoms in total. The van der Waals surface area contributed by atoms with Crippen molar-refractivity contribution in [1.29, 1.82) is 0 Å². The maximum Gasteiger partial charge on any atom is 0.243 e. The minimum Gasteiger partial charge on any atom is -0.399 e. The van der Waals surface area contributed by atoms with E-state index in [1.165, 1.54) is 13.2 Å². The second kappa shape index (κ2) is 6.10. The van der Waals surface area contributed by atoms with E-state index in [2.05, 4.69) is 9.46 Å². The zero-order valence-corrected chi connectivity index (χ0v) is 10.6. The number of nitrogens with one attached hydrogen (secondary N) is 1. The van der Waals surface area contributed by atoms with Gasteiger partial charge in [-0.15, -0.1) is 0 Å². The molecule has 102 valence electrons. The summed E-state index contributed by atoms with van der Waals surface area (Å²) >= 11 is 0. The minimum atomic E-state index is -4.02. The van der Waals surface area contributed by atoms with Crippen LogP contribution in [0.25, 0.3) is 0 Å². The van der Waals surface area contributed by atoms with Crippen molar-refractivity contribution in [2.75, 3.05) is 26.0 Å². The molecular weight excluding hydrogens is 263 g/mol. The first-order valence-corrected chi connectivity index (χ1v) is 6.57. The molecule has 0 aliphatic heterocycles. The molecule has 0 spiro atoms. The zero-order valence-electron chi connectivity index (χ0n) is 9.76. The molecule has 8 heteroatoms. The maximum atomic E-state index is 13.4. The van der Waals surface area contributed by atoms with Gasteiger partial charge in [0.2, 0.25) is 10.0 Å². The Balaban J connectivity index is 2.80. The molecule has 0 heterocycles. The Bertz CT molecular complexity index is 507. The number of hydrogen-bond acceptors (Lipinski definition) is 5. The molecule has 18 heavy (non-hydrogen) atoms. The average Bonchev–Trinajstić information content (AvgIpc) is 2.26. The normalized spacial score (nSPS) is 13.5. The van der Waals surface area contributed by atoms with Gasteiger partial charge in [0.05, 0.1) is 12.7 Å². The number of aliphatic hydroxyl groups excluding tert-OH is 1. The summed E-state index contributed by atoms with van der Waals surface area (Å²) in [4.78, 5) is -0.513. The molecule has 0 aliphatic carbocycles. The van der Waals surface area contributed by atoms with Gasteiger partial charge in [-0.2, -0.15) is 0 Å². The molecule has 1 unspecified atom stereocenters. The Morgan fingerprint density at radius 1 is 1.56 bits per heavy atom. The van der Waals surface area contributed by atoms with Crippen LogP contribution in [0.2, 0.25) is 0 Å². The van der Waals surface area contributed by atoms with E-state index in [0.29, 0.717) is 0 Å². The van der Waals surface area contributed by atoms with Crippen LogP contribution in [0.3, 0.4) is 0 Å². The number of halogens is 1. The summed E-state index contributed by atoms with van der Waals surface area (Å²) in [6.45, 7) is -0.285. The van der Waals surface area contributed by atoms with Crippen molar-refractivity contribution in [2.24, 2.45) is 0 Å². The standard InChI is InChI=1S/C10H15FN2O4S/c1-17-6-8(14)5-13-18(15,16)10-3-2-7(12)4-9(10)11/h2-4,8,13-14H,5-6,12H2,1H3. The molecule has 1 rings (SSSR count). The molecule has 0 saturated carbocycles. The monoisotopic (exact) mass is 278 g/mol. The van der Waals surface area contributed by atoms with E-state index >= 15 is 0 Å². The van der Waals surface area contributed by atoms with Gasteiger partial charge >= 0.3 is 0 Å². The number of hydrogen-bond donors (Lipinski definition) is 3. The fourth-order valence-corrected chi connectivity index (χ4v) is 2.40. The van der Waals surface area contributed by atoms with Crippen molar-refractivity contribution in [3.8, 4) is 0 Å². The Morgan fingerprint density at radius 2 is 2.22 bits per heavy atom. The highest BCUT2D eigenvalue weighted by molar-refractivity contribution is 7.89. The zero-order chi connectivity index (χ0) is 13.8. The molecule has 0 saturated heterocycles. The van der Waals surface area contributed by atoms with Crippen LogP contribution >= 0.6 is 0 Å². The number of anilines is 1. The number of aliphatic hydroxyl groups is 1. The fraction of sp³-hybridized carbons (Fsp3) is 0.400. The lowest BCUT2D eigenvalue weighted by molar-refractivity contribution is 0.0679. The summed E-state index contributed by atoms with van der Waals surface area (Å²) < 4.78 is 43.6. The van der Waals surface area contributed by atoms with Crippen LogP contribution in [-0.4, -0.2) is 39.9 Å². The van der Waals surface area contributed by atoms with Gasteiger partial charge in [-0.3, -0.25) is 0 Å². The third kappa shape index (κ3) is 3.91. The van der Waals surface area contributed by atoms with E-state index in [1.54, 1.807) is 0 Å². The van der Waals surface area contributed by atoms with Crippen LogP contribution in [0, 0.1) is 5.82 Å². The van der Waals surface area contributed by atoms with Gasteiger partial charge in [0.1, 0.15) is 10.7 Å². The second-order valence-corrected chi connectivity index (χ2v) is 5.39. The number of ether oxygens (including phenoxy) is 1. The lowest BCUT2D eigenvalue weighted by Crippen LogP contribution is -2.34. The number of methoxy groups -OCH3 is 1. The van der Waals surface area contributed by atoms with Crippen LogP contribution in [0.5, 0.6) is 0 Å². The smallest absolute Gasteiger partial charge is 0.243 e. The number of rotatable bonds is 6. The summed E-state index contributed by atoms with van der Waals surface area (Å²) in [5, 5.41) is 9.31. The number of nitrogen functional groups attached to an aromatic ring is 1. The Hall–Kier alpha value is -1.22. The van der Waals surface area contributed by atoms with E-state index in [4.69, 9.17) is 5.73 Å². The molecule has 1 atom stereocenters. The number of benzene rings is 1. The van der Waals surface area contributed by atoms with Crippen molar-refractivity contribution in [3.05, 3.63) is 24.0 Å². The Kier molecular flexibility index (Phi) is 5.03. The van der Waals surface area contributed by atoms with Crippen molar-refractivity contribution >= 4 is 15.7 Å². The van der Waals surface area contributed by atoms with Gasteiger partial charge in [-0.1, -0.05) is 0 Å². The molecule has 0 fully saturated rings. The molecule has 0 aliphatic rings. The Morgan fingerprint density at radius 3 is 2.78 bits per heavy atom. The lowest BCUT2D eigenvalue weighted by atomic mass is 10.3. The molecule has 0 amide bonds. The van der Waals surface area contributed by atoms with Crippen LogP contribution in [0.1, 0.15) is 0 Å². The first-order chi connectivity index (χ1) is 8.36. The van der Waals surface area contributed by atoms with Gasteiger partial charge in [0.25, 0.3) is 0 Å². The van der Waals surface area contributed by atoms with Gasteiger partial charge in [0.15, 0.2) is 0 Å². The molecule has 1 aromatic rings. The minimum absolute atomic E-state index is 0.0211. The summed E-state index contributed by atoms with van der Waals surface area (Å²) in [7, 11) is -2.64. The first-order valence-electron chi connectivity index (χ1n) is 5.08. The molecule has 0 radical (unpaired) electrons. The summed E-state index contributed by atoms with van der Waals surface area (Å²) in [5.74, 6) is -0.941. The first kappa shape index (κ1) is 14.8. The lowest BCUT2D eigenvalue weighted by Gasteiger charge is -2.11. The quantitative estimate of drug-likeness (QED) is 0.620. The highest BCUT2D eigenvalue weighted by atomic mass is 32.2. The summed E-state index contributed by atoms with van der Waals surface area (Å²) in [6, 6.07) is 3.26. The van der Waals surface area contributed by atoms with Crippen molar-refractivity contribution in [1.82, 2.24) is 4.72 Å². The van der Waals surface area contributed by atoms with Crippen LogP contribution < -0.4 is 10.5 Å². The van der Waals surface area contributed by atoms with E-state index < -0.39 is 26.8 Å². The van der Waals surface area contributed by atoms with E-state index in [0.717, 1.165) is 12.1 Å². The third-order valence-corrected chi connectivity index (χ3v) is 3.57. The van der Waals surface area contributed by atoms with Crippen molar-refractivity contribution in [2.45, 2.75) is 11.0 Å². The predicted octanol–water partition coefficient (Wildman–Crippen LogP) is -0.306. The largest absolute Gasteiger partial charge is 0.399 e. The molecule has 0 bridgehead atoms. The number of nitrogens with two attached hydrogens (primary N) is 1. The number of sulfonamides is 1. The van der Waals surface area contributed by atoms with Crippen LogP contribution in [0.15, 0.2) is 23.1 Å². The molecule has 1 aromatic carbocycles. The molecular formula is C10H15FN2O4S. The van der Waals surface area contributed by atoms with Crippen molar-refractivity contribution < 1.29 is 22.7 Å². The summed E-state index contributed by atoms with van der Waals surface area (Å²) in [5.41, 5.74) is 5.45. The van der Waals surface area contributed by atoms with Crippen molar-refractivity contribution in [3.63, 3.8) is 0 Å². The average molecular weight is 278 g/mol. The SMILES string of the molecule is COCC(O)CNS(=O)(=O)c1ccc(N)cc1F. The van der Waals surface area contributed by atoms with Gasteiger partial charge in [0, 0.05) is 19.3 Å². The third-order valence-electron chi connectivity index (χ3n) is 2.11. The second-order valence-electron chi connectivity index (χ2n) is 3.65. The summed E-state index contributed by atoms with van der Waals surface area (Å²) in [6.07, 6.45) is -0.999. The maximum absolute atomic E-state index is 13.4. The van der Waals surface area contributed by atoms with Gasteiger partial charge < -0.3 is 15.6 Å². The van der Waals surface area contributed by atoms with E-state index in [9.17, 15) is 17.9 Å². The van der Waals surface area contributed by atoms with Gasteiger partial charge in [-0.25, -0.2) is 17.5 Å². The van der Waals surface area contributed by atoms with Crippen LogP contribution in [0.4, 0.5) is 10.1 Å². The van der Waals surface area contributed by atoms with E-state index in [-0.39, 0.29) is 18.8 Å². The molecule has 4 N–H and O–H groups in total.